The zero-order valence-electron chi connectivity index (χ0n) is 18.2. The van der Waals surface area contributed by atoms with Gasteiger partial charge in [0.25, 0.3) is 0 Å². The van der Waals surface area contributed by atoms with E-state index in [1.165, 1.54) is 7.11 Å². The predicted molar refractivity (Wildman–Crippen MR) is 122 cm³/mol. The number of aliphatic imine (C=N–C) groups is 2. The summed E-state index contributed by atoms with van der Waals surface area (Å²) in [5, 5.41) is 0. The highest BCUT2D eigenvalue weighted by atomic mass is 16.7. The number of fused-ring (bicyclic) bond motifs is 1. The lowest BCUT2D eigenvalue weighted by atomic mass is 9.87. The van der Waals surface area contributed by atoms with E-state index in [2.05, 4.69) is 4.99 Å². The van der Waals surface area contributed by atoms with Crippen molar-refractivity contribution in [1.82, 2.24) is 0 Å². The molecular weight excluding hydrogens is 426 g/mol. The third-order valence-electron chi connectivity index (χ3n) is 6.04. The van der Waals surface area contributed by atoms with Crippen molar-refractivity contribution in [1.29, 1.82) is 0 Å². The predicted octanol–water partition coefficient (Wildman–Crippen LogP) is 3.10. The Bertz CT molecular complexity index is 1160. The molecule has 1 saturated carbocycles. The maximum absolute atomic E-state index is 12.3. The van der Waals surface area contributed by atoms with Gasteiger partial charge in [0.2, 0.25) is 18.7 Å². The number of methoxy groups -OCH3 is 1. The molecular formula is C23H25N5O5. The lowest BCUT2D eigenvalue weighted by molar-refractivity contribution is 0.0600. The van der Waals surface area contributed by atoms with E-state index < -0.39 is 11.6 Å². The number of carbonyl (C=O) groups is 1. The van der Waals surface area contributed by atoms with Crippen LogP contribution in [0.15, 0.2) is 46.4 Å². The fraction of sp³-hybridized carbons (Fsp3) is 0.348. The van der Waals surface area contributed by atoms with Crippen molar-refractivity contribution in [3.63, 3.8) is 0 Å². The summed E-state index contributed by atoms with van der Waals surface area (Å²) in [6, 6.07) is 10.3. The maximum Gasteiger partial charge on any atom is 0.337 e. The number of ether oxygens (including phenoxy) is 4. The molecule has 0 atom stereocenters. The van der Waals surface area contributed by atoms with Crippen LogP contribution in [-0.2, 0) is 4.74 Å². The maximum atomic E-state index is 12.3. The first kappa shape index (κ1) is 20.9. The summed E-state index contributed by atoms with van der Waals surface area (Å²) in [6.07, 6.45) is 4.53. The average molecular weight is 451 g/mol. The summed E-state index contributed by atoms with van der Waals surface area (Å²) in [5.41, 5.74) is 12.6. The normalized spacial score (nSPS) is 18.5. The third-order valence-corrected chi connectivity index (χ3v) is 6.04. The molecule has 3 aliphatic rings. The molecule has 2 heterocycles. The Morgan fingerprint density at radius 2 is 1.85 bits per heavy atom. The van der Waals surface area contributed by atoms with Gasteiger partial charge in [-0.05, 0) is 56.0 Å². The third kappa shape index (κ3) is 3.77. The van der Waals surface area contributed by atoms with Crippen molar-refractivity contribution in [2.24, 2.45) is 21.5 Å². The number of benzene rings is 2. The Labute approximate surface area is 190 Å². The minimum absolute atomic E-state index is 0.146. The number of hydrogen-bond donors (Lipinski definition) is 2. The minimum atomic E-state index is -0.699. The van der Waals surface area contributed by atoms with E-state index in [0.29, 0.717) is 34.2 Å². The highest BCUT2D eigenvalue weighted by Crippen LogP contribution is 2.45. The van der Waals surface area contributed by atoms with Gasteiger partial charge >= 0.3 is 5.97 Å². The Hall–Kier alpha value is -3.95. The first-order chi connectivity index (χ1) is 16.0. The molecule has 5 rings (SSSR count). The highest BCUT2D eigenvalue weighted by molar-refractivity contribution is 6.07. The van der Waals surface area contributed by atoms with Gasteiger partial charge in [-0.2, -0.15) is 4.99 Å². The van der Waals surface area contributed by atoms with Gasteiger partial charge in [-0.15, -0.1) is 0 Å². The van der Waals surface area contributed by atoms with Gasteiger partial charge in [0.15, 0.2) is 17.2 Å². The van der Waals surface area contributed by atoms with Gasteiger partial charge in [0.1, 0.15) is 11.4 Å². The van der Waals surface area contributed by atoms with Crippen LogP contribution in [0.1, 0.15) is 42.5 Å². The van der Waals surface area contributed by atoms with Gasteiger partial charge in [0.05, 0.1) is 18.4 Å². The smallest absolute Gasteiger partial charge is 0.337 e. The monoisotopic (exact) mass is 451 g/mol. The molecule has 2 aromatic carbocycles. The number of guanidine groups is 2. The van der Waals surface area contributed by atoms with Crippen LogP contribution < -0.4 is 30.6 Å². The molecule has 10 heteroatoms. The van der Waals surface area contributed by atoms with Crippen molar-refractivity contribution < 1.29 is 23.7 Å². The number of hydrogen-bond acceptors (Lipinski definition) is 10. The van der Waals surface area contributed by atoms with Gasteiger partial charge in [-0.25, -0.2) is 9.79 Å². The van der Waals surface area contributed by atoms with Crippen LogP contribution >= 0.6 is 0 Å². The number of carbonyl (C=O) groups excluding carboxylic acids is 1. The molecule has 0 unspecified atom stereocenters. The molecule has 2 aliphatic heterocycles. The Morgan fingerprint density at radius 3 is 2.64 bits per heavy atom. The van der Waals surface area contributed by atoms with E-state index in [9.17, 15) is 4.79 Å². The first-order valence-electron chi connectivity index (χ1n) is 10.8. The number of nitrogens with two attached hydrogens (primary N) is 2. The van der Waals surface area contributed by atoms with E-state index in [4.69, 9.17) is 35.4 Å². The highest BCUT2D eigenvalue weighted by Gasteiger charge is 2.44. The van der Waals surface area contributed by atoms with Crippen LogP contribution in [-0.4, -0.2) is 37.5 Å². The summed E-state index contributed by atoms with van der Waals surface area (Å²) in [6.45, 7) is 0.167. The van der Waals surface area contributed by atoms with Crippen LogP contribution in [0.3, 0.4) is 0 Å². The standard InChI is InChI=1S/C23H25N5O5/c1-30-20(29)14-5-7-17(33-15-6-8-18-19(12-15)32-13-31-18)16(11-14)28-22(25)26-21(24)27-23(28)9-3-2-4-10-23/h5-8,11-12H,2-4,9-10,13H2,1H3,(H4,24,25,26,27). The molecule has 0 amide bonds. The van der Waals surface area contributed by atoms with Crippen LogP contribution in [0.25, 0.3) is 0 Å². The van der Waals surface area contributed by atoms with Gasteiger partial charge < -0.3 is 30.4 Å². The molecule has 33 heavy (non-hydrogen) atoms. The molecule has 1 fully saturated rings. The van der Waals surface area contributed by atoms with Gasteiger partial charge in [0, 0.05) is 6.07 Å². The largest absolute Gasteiger partial charge is 0.465 e. The number of esters is 1. The fourth-order valence-electron chi connectivity index (χ4n) is 4.56. The molecule has 172 valence electrons. The first-order valence-corrected chi connectivity index (χ1v) is 10.8. The molecule has 1 aliphatic carbocycles. The summed E-state index contributed by atoms with van der Waals surface area (Å²) < 4.78 is 22.0. The zero-order chi connectivity index (χ0) is 23.0. The van der Waals surface area contributed by atoms with Crippen LogP contribution in [0, 0.1) is 0 Å². The van der Waals surface area contributed by atoms with Crippen molar-refractivity contribution in [3.05, 3.63) is 42.0 Å². The summed E-state index contributed by atoms with van der Waals surface area (Å²) >= 11 is 0. The van der Waals surface area contributed by atoms with Crippen LogP contribution in [0.5, 0.6) is 23.0 Å². The molecule has 1 spiro atoms. The molecule has 0 saturated heterocycles. The van der Waals surface area contributed by atoms with Crippen molar-refractivity contribution in [2.45, 2.75) is 37.8 Å². The van der Waals surface area contributed by atoms with Gasteiger partial charge in [-0.3, -0.25) is 4.90 Å². The Balaban J connectivity index is 1.61. The second kappa shape index (κ2) is 8.19. The van der Waals surface area contributed by atoms with E-state index >= 15 is 0 Å². The van der Waals surface area contributed by atoms with Crippen molar-refractivity contribution in [2.75, 3.05) is 18.8 Å². The quantitative estimate of drug-likeness (QED) is 0.677. The van der Waals surface area contributed by atoms with E-state index in [1.54, 1.807) is 36.4 Å². The lowest BCUT2D eigenvalue weighted by Crippen LogP contribution is -2.58. The Morgan fingerprint density at radius 1 is 1.06 bits per heavy atom. The molecule has 0 radical (unpaired) electrons. The van der Waals surface area contributed by atoms with Gasteiger partial charge in [-0.1, -0.05) is 6.42 Å². The second-order valence-corrected chi connectivity index (χ2v) is 8.11. The van der Waals surface area contributed by atoms with E-state index in [1.807, 2.05) is 4.90 Å². The summed E-state index contributed by atoms with van der Waals surface area (Å²) in [7, 11) is 1.34. The van der Waals surface area contributed by atoms with Crippen LogP contribution in [0.2, 0.25) is 0 Å². The fourth-order valence-corrected chi connectivity index (χ4v) is 4.56. The number of rotatable bonds is 4. The zero-order valence-corrected chi connectivity index (χ0v) is 18.2. The van der Waals surface area contributed by atoms with E-state index in [-0.39, 0.29) is 18.7 Å². The second-order valence-electron chi connectivity index (χ2n) is 8.11. The average Bonchev–Trinajstić information content (AvgIpc) is 3.27. The van der Waals surface area contributed by atoms with Crippen molar-refractivity contribution >= 4 is 23.6 Å². The SMILES string of the molecule is COC(=O)c1ccc(Oc2ccc3c(c2)OCO3)c(N2C(N)=NC(N)=NC23CCCCC3)c1. The molecule has 4 N–H and O–H groups in total. The summed E-state index contributed by atoms with van der Waals surface area (Å²) in [4.78, 5) is 23.1. The topological polar surface area (TPSA) is 134 Å². The number of nitrogens with zero attached hydrogens (tertiary/aromatic N) is 3. The molecule has 0 bridgehead atoms. The molecule has 2 aromatic rings. The van der Waals surface area contributed by atoms with E-state index in [0.717, 1.165) is 32.1 Å². The lowest BCUT2D eigenvalue weighted by Gasteiger charge is -2.46. The molecule has 10 nitrogen and oxygen atoms in total. The summed E-state index contributed by atoms with van der Waals surface area (Å²) in [5.74, 6) is 2.14. The van der Waals surface area contributed by atoms with Crippen molar-refractivity contribution in [3.8, 4) is 23.0 Å². The van der Waals surface area contributed by atoms with Crippen LogP contribution in [0.4, 0.5) is 5.69 Å². The molecule has 0 aromatic heterocycles. The Kier molecular flexibility index (Phi) is 5.20. The number of anilines is 1. The minimum Gasteiger partial charge on any atom is -0.465 e.